The van der Waals surface area contributed by atoms with Crippen molar-refractivity contribution in [2.75, 3.05) is 36.9 Å². The largest absolute Gasteiger partial charge is 0.479 e. The Morgan fingerprint density at radius 2 is 1.68 bits per heavy atom. The van der Waals surface area contributed by atoms with Crippen LogP contribution in [-0.2, 0) is 30.2 Å². The smallest absolute Gasteiger partial charge is 0.360 e. The minimum Gasteiger partial charge on any atom is -0.479 e. The van der Waals surface area contributed by atoms with Crippen molar-refractivity contribution in [3.63, 3.8) is 0 Å². The van der Waals surface area contributed by atoms with E-state index in [9.17, 15) is 37.5 Å². The van der Waals surface area contributed by atoms with Crippen LogP contribution in [0, 0.1) is 6.92 Å². The number of ether oxygens (including phenoxy) is 1. The normalized spacial score (nSPS) is 19.5. The van der Waals surface area contributed by atoms with Crippen molar-refractivity contribution in [2.24, 2.45) is 0 Å². The van der Waals surface area contributed by atoms with E-state index in [0.29, 0.717) is 55.0 Å². The molecule has 0 spiro atoms. The molecule has 8 rings (SSSR count). The zero-order valence-electron chi connectivity index (χ0n) is 36.2. The molecular weight excluding hydrogens is 859 g/mol. The van der Waals surface area contributed by atoms with E-state index in [1.165, 1.54) is 10.9 Å². The first-order chi connectivity index (χ1) is 30.9. The predicted molar refractivity (Wildman–Crippen MR) is 239 cm³/mol. The van der Waals surface area contributed by atoms with Crippen molar-refractivity contribution in [3.8, 4) is 11.4 Å². The van der Waals surface area contributed by atoms with E-state index in [1.54, 1.807) is 56.4 Å². The van der Waals surface area contributed by atoms with Crippen LogP contribution in [0.3, 0.4) is 0 Å². The maximum absolute atomic E-state index is 14.0. The third kappa shape index (κ3) is 9.82. The molecule has 0 saturated carbocycles. The fourth-order valence-corrected chi connectivity index (χ4v) is 11.2. The van der Waals surface area contributed by atoms with Gasteiger partial charge in [-0.15, -0.1) is 0 Å². The number of carboxylic acid groups (broad SMARTS) is 2. The van der Waals surface area contributed by atoms with Crippen LogP contribution >= 0.6 is 0 Å². The number of hydrogen-bond acceptors (Lipinski definition) is 11. The number of aliphatic carboxylic acids is 1. The quantitative estimate of drug-likeness (QED) is 0.0947. The van der Waals surface area contributed by atoms with E-state index < -0.39 is 45.8 Å². The average Bonchev–Trinajstić information content (AvgIpc) is 3.83. The lowest BCUT2D eigenvalue weighted by molar-refractivity contribution is -0.139. The Labute approximate surface area is 374 Å². The van der Waals surface area contributed by atoms with Gasteiger partial charge in [-0.25, -0.2) is 27.5 Å². The molecule has 3 aliphatic heterocycles. The number of aromatic carboxylic acids is 1. The van der Waals surface area contributed by atoms with Gasteiger partial charge in [0.15, 0.2) is 12.4 Å². The second-order valence-electron chi connectivity index (χ2n) is 17.5. The molecule has 65 heavy (non-hydrogen) atoms. The van der Waals surface area contributed by atoms with Gasteiger partial charge < -0.3 is 30.5 Å². The topological polar surface area (TPSA) is 247 Å². The summed E-state index contributed by atoms with van der Waals surface area (Å²) in [7, 11) is -3.79. The Hall–Kier alpha value is -6.80. The number of likely N-dealkylation sites (tertiary alicyclic amines) is 1. The molecule has 5 N–H and O–H groups in total. The van der Waals surface area contributed by atoms with Gasteiger partial charge in [0.05, 0.1) is 28.8 Å². The van der Waals surface area contributed by atoms with Crippen molar-refractivity contribution in [1.29, 1.82) is 0 Å². The van der Waals surface area contributed by atoms with Gasteiger partial charge in [0, 0.05) is 54.4 Å². The summed E-state index contributed by atoms with van der Waals surface area (Å²) in [5.74, 6) is -3.44. The van der Waals surface area contributed by atoms with Crippen molar-refractivity contribution in [2.45, 2.75) is 88.6 Å². The molecule has 2 unspecified atom stereocenters. The number of anilines is 2. The Bertz CT molecular complexity index is 2790. The molecule has 0 aliphatic carbocycles. The summed E-state index contributed by atoms with van der Waals surface area (Å²) in [6, 6.07) is 19.2. The molecule has 342 valence electrons. The third-order valence-electron chi connectivity index (χ3n) is 12.4. The van der Waals surface area contributed by atoms with E-state index in [0.717, 1.165) is 35.0 Å². The number of sulfonamides is 1. The average molecular weight is 910 g/mol. The van der Waals surface area contributed by atoms with Crippen LogP contribution in [0.1, 0.15) is 91.6 Å². The van der Waals surface area contributed by atoms with Crippen LogP contribution in [0.15, 0.2) is 72.9 Å². The van der Waals surface area contributed by atoms with Crippen LogP contribution in [0.5, 0.6) is 5.75 Å². The lowest BCUT2D eigenvalue weighted by Crippen LogP contribution is -2.55. The highest BCUT2D eigenvalue weighted by atomic mass is 32.2. The van der Waals surface area contributed by atoms with Crippen molar-refractivity contribution >= 4 is 62.1 Å². The monoisotopic (exact) mass is 909 g/mol. The number of amides is 4. The SMILES string of the molecule is Cc1nn(C2CCC(=O)NC2=O)c2ccc(C3CCN(C(=O)Nc4cccc(CS(=O)(=O)N5CCC(Nc6cccc(-n7cc(OCC(=O)O)c(C(=O)O)n7)c6)CC5(C)C)c4)CC3)cc12. The molecule has 2 aromatic heterocycles. The number of aromatic nitrogens is 4. The Kier molecular flexibility index (Phi) is 12.4. The number of nitrogens with one attached hydrogen (secondary N) is 3. The molecule has 0 bridgehead atoms. The number of imide groups is 1. The number of fused-ring (bicyclic) bond motifs is 1. The van der Waals surface area contributed by atoms with E-state index in [-0.39, 0.29) is 54.3 Å². The molecule has 3 saturated heterocycles. The zero-order chi connectivity index (χ0) is 46.2. The predicted octanol–water partition coefficient (Wildman–Crippen LogP) is 5.27. The van der Waals surface area contributed by atoms with E-state index in [2.05, 4.69) is 38.3 Å². The molecular formula is C45H51N9O10S. The number of nitrogens with zero attached hydrogens (tertiary/aromatic N) is 6. The number of carbonyl (C=O) groups is 5. The minimum atomic E-state index is -3.79. The van der Waals surface area contributed by atoms with Gasteiger partial charge in [-0.05, 0) is 112 Å². The molecule has 3 aromatic carbocycles. The maximum atomic E-state index is 14.0. The molecule has 3 fully saturated rings. The number of urea groups is 1. The maximum Gasteiger partial charge on any atom is 0.360 e. The molecule has 5 aromatic rings. The third-order valence-corrected chi connectivity index (χ3v) is 14.4. The number of benzene rings is 3. The van der Waals surface area contributed by atoms with E-state index in [4.69, 9.17) is 9.84 Å². The van der Waals surface area contributed by atoms with Gasteiger partial charge in [0.25, 0.3) is 5.91 Å². The molecule has 5 heterocycles. The highest BCUT2D eigenvalue weighted by molar-refractivity contribution is 7.88. The lowest BCUT2D eigenvalue weighted by Gasteiger charge is -2.45. The Balaban J connectivity index is 0.846. The van der Waals surface area contributed by atoms with Crippen molar-refractivity contribution in [3.05, 3.63) is 95.4 Å². The summed E-state index contributed by atoms with van der Waals surface area (Å²) in [6.07, 6.45) is 4.49. The number of carbonyl (C=O) groups excluding carboxylic acids is 3. The summed E-state index contributed by atoms with van der Waals surface area (Å²) in [5.41, 5.74) is 3.86. The second kappa shape index (κ2) is 18.0. The van der Waals surface area contributed by atoms with Gasteiger partial charge in [-0.3, -0.25) is 19.6 Å². The summed E-state index contributed by atoms with van der Waals surface area (Å²) >= 11 is 0. The summed E-state index contributed by atoms with van der Waals surface area (Å²) < 4.78 is 37.7. The molecule has 4 amide bonds. The van der Waals surface area contributed by atoms with Crippen LogP contribution in [0.4, 0.5) is 16.2 Å². The van der Waals surface area contributed by atoms with Crippen LogP contribution in [0.25, 0.3) is 16.6 Å². The minimum absolute atomic E-state index is 0.0955. The van der Waals surface area contributed by atoms with Gasteiger partial charge in [-0.1, -0.05) is 24.3 Å². The van der Waals surface area contributed by atoms with Crippen LogP contribution in [-0.4, -0.2) is 115 Å². The van der Waals surface area contributed by atoms with E-state index >= 15 is 0 Å². The second-order valence-corrected chi connectivity index (χ2v) is 19.4. The summed E-state index contributed by atoms with van der Waals surface area (Å²) in [4.78, 5) is 62.2. The van der Waals surface area contributed by atoms with Crippen LogP contribution < -0.4 is 20.7 Å². The summed E-state index contributed by atoms with van der Waals surface area (Å²) in [6.45, 7) is 6.30. The highest BCUT2D eigenvalue weighted by Gasteiger charge is 2.41. The molecule has 3 aliphatic rings. The lowest BCUT2D eigenvalue weighted by atomic mass is 9.88. The Morgan fingerprint density at radius 1 is 0.923 bits per heavy atom. The molecule has 0 radical (unpaired) electrons. The van der Waals surface area contributed by atoms with E-state index in [1.807, 2.05) is 32.9 Å². The van der Waals surface area contributed by atoms with Gasteiger partial charge in [0.2, 0.25) is 21.6 Å². The molecule has 20 heteroatoms. The van der Waals surface area contributed by atoms with Gasteiger partial charge in [-0.2, -0.15) is 14.5 Å². The van der Waals surface area contributed by atoms with Crippen molar-refractivity contribution in [1.82, 2.24) is 34.1 Å². The number of rotatable bonds is 13. The summed E-state index contributed by atoms with van der Waals surface area (Å²) in [5, 5.41) is 37.1. The fraction of sp³-hybridized carbons (Fsp3) is 0.400. The number of hydrogen-bond donors (Lipinski definition) is 5. The Morgan fingerprint density at radius 3 is 2.40 bits per heavy atom. The first kappa shape index (κ1) is 44.8. The number of aryl methyl sites for hydroxylation is 1. The first-order valence-electron chi connectivity index (χ1n) is 21.5. The number of carboxylic acids is 2. The van der Waals surface area contributed by atoms with Gasteiger partial charge >= 0.3 is 18.0 Å². The number of piperidine rings is 3. The first-order valence-corrected chi connectivity index (χ1v) is 23.1. The molecule has 19 nitrogen and oxygen atoms in total. The molecule has 2 atom stereocenters. The van der Waals surface area contributed by atoms with Crippen molar-refractivity contribution < 1.29 is 47.3 Å². The van der Waals surface area contributed by atoms with Crippen LogP contribution in [0.2, 0.25) is 0 Å². The van der Waals surface area contributed by atoms with Gasteiger partial charge in [0.1, 0.15) is 6.04 Å². The zero-order valence-corrected chi connectivity index (χ0v) is 37.0. The standard InChI is InChI=1S/C45H51N9O10S/c1-27-35-21-30(10-11-36(35)54(49-27)37-12-13-39(55)48-42(37)58)29-14-17-51(18-15-29)44(61)47-31-7-4-6-28(20-31)26-65(62,63)53-19-16-33(23-45(53,2)3)46-32-8-5-9-34(22-32)52-24-38(64-25-40(56)57)41(50-52)43(59)60/h4-11,20-22,24,29,33,37,46H,12-19,23,25-26H2,1-3H3,(H,47,61)(H,56,57)(H,59,60)(H,48,55,58). The highest BCUT2D eigenvalue weighted by Crippen LogP contribution is 2.35. The fourth-order valence-electron chi connectivity index (χ4n) is 9.24.